The third kappa shape index (κ3) is 3.87. The van der Waals surface area contributed by atoms with Crippen LogP contribution in [0.5, 0.6) is 0 Å². The van der Waals surface area contributed by atoms with E-state index in [9.17, 15) is 9.59 Å². The highest BCUT2D eigenvalue weighted by atomic mass is 35.5. The topological polar surface area (TPSA) is 66.7 Å². The smallest absolute Gasteiger partial charge is 0.258 e. The van der Waals surface area contributed by atoms with Gasteiger partial charge in [-0.15, -0.1) is 11.3 Å². The number of hydrogen-bond acceptors (Lipinski definition) is 5. The first-order valence-electron chi connectivity index (χ1n) is 8.47. The number of rotatable bonds is 4. The Balaban J connectivity index is 1.51. The van der Waals surface area contributed by atoms with E-state index in [1.807, 2.05) is 10.3 Å². The number of halogens is 2. The predicted molar refractivity (Wildman–Crippen MR) is 108 cm³/mol. The van der Waals surface area contributed by atoms with E-state index in [0.29, 0.717) is 32.9 Å². The maximum atomic E-state index is 12.8. The minimum absolute atomic E-state index is 0.107. The summed E-state index contributed by atoms with van der Waals surface area (Å²) < 4.78 is 1.52. The van der Waals surface area contributed by atoms with Gasteiger partial charge >= 0.3 is 0 Å². The molecule has 1 N–H and O–H groups in total. The van der Waals surface area contributed by atoms with Crippen LogP contribution in [0.1, 0.15) is 18.5 Å². The summed E-state index contributed by atoms with van der Waals surface area (Å²) in [5.74, 6) is -0.120. The molecule has 9 heteroatoms. The van der Waals surface area contributed by atoms with Gasteiger partial charge < -0.3 is 5.32 Å². The summed E-state index contributed by atoms with van der Waals surface area (Å²) in [5, 5.41) is 5.62. The van der Waals surface area contributed by atoms with Crippen LogP contribution in [0.2, 0.25) is 10.0 Å². The van der Waals surface area contributed by atoms with E-state index in [0.717, 1.165) is 19.4 Å². The molecule has 6 nitrogen and oxygen atoms in total. The lowest BCUT2D eigenvalue weighted by molar-refractivity contribution is -0.120. The summed E-state index contributed by atoms with van der Waals surface area (Å²) in [7, 11) is 0. The fourth-order valence-corrected chi connectivity index (χ4v) is 4.49. The van der Waals surface area contributed by atoms with E-state index in [4.69, 9.17) is 23.2 Å². The zero-order valence-corrected chi connectivity index (χ0v) is 16.5. The minimum atomic E-state index is -0.291. The first-order valence-corrected chi connectivity index (χ1v) is 10.1. The number of anilines is 1. The molecule has 1 atom stereocenters. The van der Waals surface area contributed by atoms with Gasteiger partial charge in [0.1, 0.15) is 0 Å². The molecule has 1 unspecified atom stereocenters. The molecule has 1 aliphatic heterocycles. The van der Waals surface area contributed by atoms with Gasteiger partial charge in [-0.2, -0.15) is 0 Å². The van der Waals surface area contributed by atoms with E-state index < -0.39 is 0 Å². The molecular weight excluding hydrogens is 407 g/mol. The molecule has 0 radical (unpaired) electrons. The van der Waals surface area contributed by atoms with Gasteiger partial charge in [-0.1, -0.05) is 23.2 Å². The molecule has 2 aromatic heterocycles. The molecule has 4 rings (SSSR count). The van der Waals surface area contributed by atoms with E-state index in [2.05, 4.69) is 10.3 Å². The van der Waals surface area contributed by atoms with Crippen molar-refractivity contribution < 1.29 is 4.79 Å². The molecule has 1 aromatic carbocycles. The second-order valence-electron chi connectivity index (χ2n) is 6.38. The quantitative estimate of drug-likeness (QED) is 0.696. The molecule has 0 aliphatic carbocycles. The average Bonchev–Trinajstić information content (AvgIpc) is 3.27. The molecule has 1 saturated heterocycles. The molecule has 1 fully saturated rings. The van der Waals surface area contributed by atoms with Crippen molar-refractivity contribution in [1.29, 1.82) is 0 Å². The Morgan fingerprint density at radius 2 is 2.19 bits per heavy atom. The number of nitrogens with zero attached hydrogens (tertiary/aromatic N) is 3. The van der Waals surface area contributed by atoms with Crippen LogP contribution in [-0.2, 0) is 11.3 Å². The van der Waals surface area contributed by atoms with Crippen LogP contribution in [0.15, 0.2) is 40.6 Å². The van der Waals surface area contributed by atoms with Crippen LogP contribution in [0.25, 0.3) is 4.96 Å². The Morgan fingerprint density at radius 3 is 3.00 bits per heavy atom. The van der Waals surface area contributed by atoms with E-state index in [-0.39, 0.29) is 17.5 Å². The zero-order chi connectivity index (χ0) is 19.0. The van der Waals surface area contributed by atoms with E-state index in [1.54, 1.807) is 24.4 Å². The van der Waals surface area contributed by atoms with Crippen LogP contribution in [0, 0.1) is 0 Å². The van der Waals surface area contributed by atoms with Crippen LogP contribution < -0.4 is 10.9 Å². The standard InChI is InChI=1S/C18H16Cl2N4O2S/c19-11-3-4-14(13(20)8-11)22-17(26)15-2-1-5-23(15)10-12-9-16(25)24-6-7-27-18(24)21-12/h3-4,6-9,15H,1-2,5,10H2,(H,22,26). The van der Waals surface area contributed by atoms with Crippen LogP contribution in [0.3, 0.4) is 0 Å². The number of aromatic nitrogens is 2. The van der Waals surface area contributed by atoms with E-state index >= 15 is 0 Å². The van der Waals surface area contributed by atoms with Crippen LogP contribution >= 0.6 is 34.5 Å². The van der Waals surface area contributed by atoms with Crippen LogP contribution in [-0.4, -0.2) is 32.8 Å². The summed E-state index contributed by atoms with van der Waals surface area (Å²) in [6.45, 7) is 1.23. The SMILES string of the molecule is O=C(Nc1ccc(Cl)cc1Cl)C1CCCN1Cc1cc(=O)n2ccsc2n1. The maximum absolute atomic E-state index is 12.8. The second kappa shape index (κ2) is 7.59. The Labute approximate surface area is 169 Å². The molecule has 1 aliphatic rings. The lowest BCUT2D eigenvalue weighted by Gasteiger charge is -2.23. The molecule has 140 valence electrons. The lowest BCUT2D eigenvalue weighted by Crippen LogP contribution is -2.39. The molecular formula is C18H16Cl2N4O2S. The van der Waals surface area contributed by atoms with Crippen molar-refractivity contribution in [2.45, 2.75) is 25.4 Å². The van der Waals surface area contributed by atoms with Gasteiger partial charge in [0, 0.05) is 29.2 Å². The van der Waals surface area contributed by atoms with Gasteiger partial charge in [0.2, 0.25) is 5.91 Å². The third-order valence-electron chi connectivity index (χ3n) is 4.58. The van der Waals surface area contributed by atoms with Crippen molar-refractivity contribution in [3.05, 3.63) is 61.9 Å². The average molecular weight is 423 g/mol. The van der Waals surface area contributed by atoms with E-state index in [1.165, 1.54) is 21.8 Å². The molecule has 27 heavy (non-hydrogen) atoms. The number of carbonyl (C=O) groups excluding carboxylic acids is 1. The minimum Gasteiger partial charge on any atom is -0.323 e. The predicted octanol–water partition coefficient (Wildman–Crippen LogP) is 3.67. The summed E-state index contributed by atoms with van der Waals surface area (Å²) in [6, 6.07) is 6.21. The maximum Gasteiger partial charge on any atom is 0.258 e. The van der Waals surface area contributed by atoms with Crippen molar-refractivity contribution in [3.8, 4) is 0 Å². The Morgan fingerprint density at radius 1 is 1.33 bits per heavy atom. The summed E-state index contributed by atoms with van der Waals surface area (Å²) in [6.07, 6.45) is 3.37. The van der Waals surface area contributed by atoms with Gasteiger partial charge in [0.25, 0.3) is 5.56 Å². The molecule has 3 aromatic rings. The number of carbonyl (C=O) groups is 1. The van der Waals surface area contributed by atoms with Crippen molar-refractivity contribution in [3.63, 3.8) is 0 Å². The Kier molecular flexibility index (Phi) is 5.19. The molecule has 1 amide bonds. The number of fused-ring (bicyclic) bond motifs is 1. The van der Waals surface area contributed by atoms with Crippen molar-refractivity contribution in [1.82, 2.24) is 14.3 Å². The lowest BCUT2D eigenvalue weighted by atomic mass is 10.2. The molecule has 0 bridgehead atoms. The van der Waals surface area contributed by atoms with Gasteiger partial charge in [-0.05, 0) is 37.6 Å². The second-order valence-corrected chi connectivity index (χ2v) is 8.10. The Hall–Kier alpha value is -1.93. The first-order chi connectivity index (χ1) is 13.0. The largest absolute Gasteiger partial charge is 0.323 e. The number of nitrogens with one attached hydrogen (secondary N) is 1. The van der Waals surface area contributed by atoms with Crippen LogP contribution in [0.4, 0.5) is 5.69 Å². The van der Waals surface area contributed by atoms with Crippen molar-refractivity contribution in [2.75, 3.05) is 11.9 Å². The number of benzene rings is 1. The fraction of sp³-hybridized carbons (Fsp3) is 0.278. The van der Waals surface area contributed by atoms with Gasteiger partial charge in [0.05, 0.1) is 22.4 Å². The van der Waals surface area contributed by atoms with Gasteiger partial charge in [0.15, 0.2) is 4.96 Å². The highest BCUT2D eigenvalue weighted by Gasteiger charge is 2.31. The molecule has 3 heterocycles. The number of hydrogen-bond donors (Lipinski definition) is 1. The molecule has 0 spiro atoms. The fourth-order valence-electron chi connectivity index (χ4n) is 3.30. The highest BCUT2D eigenvalue weighted by Crippen LogP contribution is 2.27. The first kappa shape index (κ1) is 18.4. The summed E-state index contributed by atoms with van der Waals surface area (Å²) in [5.41, 5.74) is 1.10. The monoisotopic (exact) mass is 422 g/mol. The normalized spacial score (nSPS) is 17.5. The highest BCUT2D eigenvalue weighted by molar-refractivity contribution is 7.15. The van der Waals surface area contributed by atoms with Crippen molar-refractivity contribution >= 4 is 51.1 Å². The number of thiazole rings is 1. The molecule has 0 saturated carbocycles. The third-order valence-corrected chi connectivity index (χ3v) is 5.88. The Bertz CT molecular complexity index is 1060. The summed E-state index contributed by atoms with van der Waals surface area (Å²) >= 11 is 13.5. The number of amides is 1. The zero-order valence-electron chi connectivity index (χ0n) is 14.2. The summed E-state index contributed by atoms with van der Waals surface area (Å²) in [4.78, 5) is 32.2. The van der Waals surface area contributed by atoms with Crippen molar-refractivity contribution in [2.24, 2.45) is 0 Å². The van der Waals surface area contributed by atoms with Gasteiger partial charge in [-0.25, -0.2) is 4.98 Å². The number of likely N-dealkylation sites (tertiary alicyclic amines) is 1. The van der Waals surface area contributed by atoms with Gasteiger partial charge in [-0.3, -0.25) is 18.9 Å².